The third-order valence-corrected chi connectivity index (χ3v) is 4.61. The molecule has 0 saturated heterocycles. The van der Waals surface area contributed by atoms with Crippen molar-refractivity contribution >= 4 is 33.9 Å². The number of benzene rings is 3. The molecule has 0 aliphatic carbocycles. The highest BCUT2D eigenvalue weighted by Crippen LogP contribution is 2.29. The molecule has 4 nitrogen and oxygen atoms in total. The van der Waals surface area contributed by atoms with Crippen molar-refractivity contribution in [2.24, 2.45) is 0 Å². The van der Waals surface area contributed by atoms with Crippen molar-refractivity contribution in [3.63, 3.8) is 0 Å². The molecule has 0 N–H and O–H groups in total. The number of rotatable bonds is 2. The SMILES string of the molecule is Fc1ccc(-c2nc3nc4ccccc4nc3n2-c2ccc(Cl)cc2)cc1. The molecule has 27 heavy (non-hydrogen) atoms. The average Bonchev–Trinajstić information content (AvgIpc) is 3.05. The fourth-order valence-corrected chi connectivity index (χ4v) is 3.21. The molecule has 0 aliphatic heterocycles. The van der Waals surface area contributed by atoms with Crippen LogP contribution in [0.5, 0.6) is 0 Å². The van der Waals surface area contributed by atoms with Gasteiger partial charge in [-0.1, -0.05) is 23.7 Å². The van der Waals surface area contributed by atoms with Gasteiger partial charge in [-0.25, -0.2) is 19.3 Å². The van der Waals surface area contributed by atoms with E-state index in [0.29, 0.717) is 22.1 Å². The Morgan fingerprint density at radius 2 is 1.41 bits per heavy atom. The molecule has 0 spiro atoms. The molecule has 0 bridgehead atoms. The van der Waals surface area contributed by atoms with Crippen molar-refractivity contribution in [2.45, 2.75) is 0 Å². The minimum Gasteiger partial charge on any atom is -0.275 e. The maximum absolute atomic E-state index is 13.4. The molecule has 0 atom stereocenters. The van der Waals surface area contributed by atoms with Gasteiger partial charge in [0.05, 0.1) is 11.0 Å². The topological polar surface area (TPSA) is 43.6 Å². The predicted molar refractivity (Wildman–Crippen MR) is 105 cm³/mol. The Balaban J connectivity index is 1.86. The number of imidazole rings is 1. The maximum atomic E-state index is 13.4. The zero-order valence-corrected chi connectivity index (χ0v) is 14.7. The Hall–Kier alpha value is -3.31. The number of nitrogens with zero attached hydrogens (tertiary/aromatic N) is 4. The summed E-state index contributed by atoms with van der Waals surface area (Å²) in [4.78, 5) is 14.1. The zero-order chi connectivity index (χ0) is 18.4. The van der Waals surface area contributed by atoms with E-state index in [1.165, 1.54) is 12.1 Å². The summed E-state index contributed by atoms with van der Waals surface area (Å²) in [5.74, 6) is 0.345. The van der Waals surface area contributed by atoms with E-state index in [0.717, 1.165) is 22.3 Å². The standard InChI is InChI=1S/C21H12ClFN4/c22-14-7-11-16(12-8-14)27-20(13-5-9-15(23)10-6-13)26-19-21(27)25-18-4-2-1-3-17(18)24-19/h1-12H. The first-order chi connectivity index (χ1) is 13.2. The van der Waals surface area contributed by atoms with Crippen LogP contribution in [0.1, 0.15) is 0 Å². The molecule has 3 aromatic carbocycles. The van der Waals surface area contributed by atoms with Gasteiger partial charge in [0.15, 0.2) is 11.3 Å². The van der Waals surface area contributed by atoms with Gasteiger partial charge in [-0.3, -0.25) is 4.57 Å². The molecule has 6 heteroatoms. The second-order valence-corrected chi connectivity index (χ2v) is 6.55. The summed E-state index contributed by atoms with van der Waals surface area (Å²) >= 11 is 6.05. The Morgan fingerprint density at radius 1 is 0.741 bits per heavy atom. The van der Waals surface area contributed by atoms with Gasteiger partial charge >= 0.3 is 0 Å². The number of fused-ring (bicyclic) bond motifs is 2. The minimum absolute atomic E-state index is 0.296. The van der Waals surface area contributed by atoms with Crippen LogP contribution in [0.3, 0.4) is 0 Å². The summed E-state index contributed by atoms with van der Waals surface area (Å²) < 4.78 is 15.3. The van der Waals surface area contributed by atoms with Crippen molar-refractivity contribution in [1.82, 2.24) is 19.5 Å². The van der Waals surface area contributed by atoms with Gasteiger partial charge in [-0.2, -0.15) is 0 Å². The summed E-state index contributed by atoms with van der Waals surface area (Å²) in [6.07, 6.45) is 0. The number of halogens is 2. The lowest BCUT2D eigenvalue weighted by Gasteiger charge is -2.09. The van der Waals surface area contributed by atoms with Crippen LogP contribution in [0.2, 0.25) is 5.02 Å². The van der Waals surface area contributed by atoms with Crippen LogP contribution < -0.4 is 0 Å². The summed E-state index contributed by atoms with van der Waals surface area (Å²) in [6, 6.07) is 21.3. The highest BCUT2D eigenvalue weighted by atomic mass is 35.5. The molecule has 5 rings (SSSR count). The van der Waals surface area contributed by atoms with Crippen molar-refractivity contribution in [2.75, 3.05) is 0 Å². The zero-order valence-electron chi connectivity index (χ0n) is 14.0. The van der Waals surface area contributed by atoms with Gasteiger partial charge in [0.1, 0.15) is 11.6 Å². The Bertz CT molecular complexity index is 1280. The number of hydrogen-bond donors (Lipinski definition) is 0. The molecule has 5 aromatic rings. The fourth-order valence-electron chi connectivity index (χ4n) is 3.08. The molecule has 0 fully saturated rings. The molecule has 130 valence electrons. The number of para-hydroxylation sites is 2. The third-order valence-electron chi connectivity index (χ3n) is 4.36. The van der Waals surface area contributed by atoms with Crippen molar-refractivity contribution < 1.29 is 4.39 Å². The predicted octanol–water partition coefficient (Wildman–Crippen LogP) is 5.43. The van der Waals surface area contributed by atoms with E-state index < -0.39 is 0 Å². The molecule has 0 unspecified atom stereocenters. The Labute approximate surface area is 158 Å². The van der Waals surface area contributed by atoms with Crippen LogP contribution >= 0.6 is 11.6 Å². The molecular formula is C21H12ClFN4. The molecule has 2 heterocycles. The van der Waals surface area contributed by atoms with Crippen molar-refractivity contribution in [3.8, 4) is 17.1 Å². The molecule has 0 amide bonds. The van der Waals surface area contributed by atoms with E-state index >= 15 is 0 Å². The summed E-state index contributed by atoms with van der Waals surface area (Å²) in [5.41, 5.74) is 4.35. The third kappa shape index (κ3) is 2.73. The summed E-state index contributed by atoms with van der Waals surface area (Å²) in [5, 5.41) is 0.642. The van der Waals surface area contributed by atoms with E-state index in [4.69, 9.17) is 21.6 Å². The molecule has 0 aliphatic rings. The molecule has 0 radical (unpaired) electrons. The van der Waals surface area contributed by atoms with E-state index in [1.54, 1.807) is 12.1 Å². The first-order valence-electron chi connectivity index (χ1n) is 8.36. The van der Waals surface area contributed by atoms with Gasteiger partial charge in [-0.05, 0) is 60.7 Å². The van der Waals surface area contributed by atoms with E-state index in [2.05, 4.69) is 4.98 Å². The first kappa shape index (κ1) is 15.9. The lowest BCUT2D eigenvalue weighted by atomic mass is 10.2. The Morgan fingerprint density at radius 3 is 2.11 bits per heavy atom. The van der Waals surface area contributed by atoms with Gasteiger partial charge in [0, 0.05) is 16.3 Å². The normalized spacial score (nSPS) is 11.3. The van der Waals surface area contributed by atoms with Crippen molar-refractivity contribution in [1.29, 1.82) is 0 Å². The number of hydrogen-bond acceptors (Lipinski definition) is 3. The Kier molecular flexibility index (Phi) is 3.62. The summed E-state index contributed by atoms with van der Waals surface area (Å²) in [6.45, 7) is 0. The largest absolute Gasteiger partial charge is 0.275 e. The molecular weight excluding hydrogens is 363 g/mol. The summed E-state index contributed by atoms with van der Waals surface area (Å²) in [7, 11) is 0. The molecule has 2 aromatic heterocycles. The van der Waals surface area contributed by atoms with E-state index in [9.17, 15) is 4.39 Å². The van der Waals surface area contributed by atoms with Gasteiger partial charge in [-0.15, -0.1) is 0 Å². The van der Waals surface area contributed by atoms with Crippen LogP contribution in [0, 0.1) is 5.82 Å². The second-order valence-electron chi connectivity index (χ2n) is 6.11. The quantitative estimate of drug-likeness (QED) is 0.414. The van der Waals surface area contributed by atoms with E-state index in [1.807, 2.05) is 53.1 Å². The van der Waals surface area contributed by atoms with Crippen LogP contribution in [-0.2, 0) is 0 Å². The van der Waals surface area contributed by atoms with Crippen LogP contribution in [0.25, 0.3) is 39.4 Å². The first-order valence-corrected chi connectivity index (χ1v) is 8.74. The highest BCUT2D eigenvalue weighted by molar-refractivity contribution is 6.30. The average molecular weight is 375 g/mol. The van der Waals surface area contributed by atoms with Gasteiger partial charge in [0.2, 0.25) is 0 Å². The van der Waals surface area contributed by atoms with Crippen LogP contribution in [0.4, 0.5) is 4.39 Å². The second kappa shape index (κ2) is 6.14. The lowest BCUT2D eigenvalue weighted by molar-refractivity contribution is 0.628. The lowest BCUT2D eigenvalue weighted by Crippen LogP contribution is -1.99. The fraction of sp³-hybridized carbons (Fsp3) is 0. The van der Waals surface area contributed by atoms with Gasteiger partial charge < -0.3 is 0 Å². The van der Waals surface area contributed by atoms with Crippen molar-refractivity contribution in [3.05, 3.63) is 83.6 Å². The number of aromatic nitrogens is 4. The maximum Gasteiger partial charge on any atom is 0.199 e. The van der Waals surface area contributed by atoms with Gasteiger partial charge in [0.25, 0.3) is 0 Å². The minimum atomic E-state index is -0.296. The monoisotopic (exact) mass is 374 g/mol. The van der Waals surface area contributed by atoms with Crippen LogP contribution in [0.15, 0.2) is 72.8 Å². The van der Waals surface area contributed by atoms with Crippen LogP contribution in [-0.4, -0.2) is 19.5 Å². The highest BCUT2D eigenvalue weighted by Gasteiger charge is 2.17. The smallest absolute Gasteiger partial charge is 0.199 e. The molecule has 0 saturated carbocycles. The van der Waals surface area contributed by atoms with E-state index in [-0.39, 0.29) is 5.82 Å².